The van der Waals surface area contributed by atoms with Crippen molar-refractivity contribution in [1.82, 2.24) is 15.1 Å². The Bertz CT molecular complexity index is 601. The molecular weight excluding hydrogens is 250 g/mol. The summed E-state index contributed by atoms with van der Waals surface area (Å²) in [6, 6.07) is 7.73. The van der Waals surface area contributed by atoms with Crippen LogP contribution in [0.1, 0.15) is 38.9 Å². The fourth-order valence-corrected chi connectivity index (χ4v) is 2.29. The largest absolute Gasteiger partial charge is 0.354 e. The summed E-state index contributed by atoms with van der Waals surface area (Å²) in [5, 5.41) is 8.60. The number of benzene rings is 1. The van der Waals surface area contributed by atoms with E-state index in [1.54, 1.807) is 0 Å². The molecule has 0 aliphatic carbocycles. The van der Waals surface area contributed by atoms with Crippen molar-refractivity contribution in [3.63, 3.8) is 0 Å². The highest BCUT2D eigenvalue weighted by atomic mass is 16.2. The third kappa shape index (κ3) is 3.00. The highest BCUT2D eigenvalue weighted by Crippen LogP contribution is 2.21. The molecule has 0 bridgehead atoms. The molecule has 0 fully saturated rings. The van der Waals surface area contributed by atoms with E-state index in [4.69, 9.17) is 0 Å². The summed E-state index contributed by atoms with van der Waals surface area (Å²) in [5.41, 5.74) is 1.97. The second-order valence-electron chi connectivity index (χ2n) is 5.70. The predicted octanol–water partition coefficient (Wildman–Crippen LogP) is 3.07. The number of amides is 1. The number of rotatable bonds is 5. The lowest BCUT2D eigenvalue weighted by Crippen LogP contribution is -2.32. The number of fused-ring (bicyclic) bond motifs is 1. The van der Waals surface area contributed by atoms with Gasteiger partial charge in [0.05, 0.1) is 11.2 Å². The first-order valence-electron chi connectivity index (χ1n) is 7.22. The highest BCUT2D eigenvalue weighted by molar-refractivity contribution is 5.86. The molecule has 4 nitrogen and oxygen atoms in total. The molecular formula is C16H23N3O. The Morgan fingerprint density at radius 1 is 1.30 bits per heavy atom. The SMILES string of the molecule is Cc1nn(C(C)C(=O)NCCC(C)C)c2ccccc12. The van der Waals surface area contributed by atoms with Crippen molar-refractivity contribution in [2.75, 3.05) is 6.54 Å². The minimum absolute atomic E-state index is 0.0268. The molecule has 1 atom stereocenters. The van der Waals surface area contributed by atoms with Gasteiger partial charge < -0.3 is 5.32 Å². The monoisotopic (exact) mass is 273 g/mol. The van der Waals surface area contributed by atoms with E-state index in [0.29, 0.717) is 5.92 Å². The minimum atomic E-state index is -0.291. The zero-order valence-electron chi connectivity index (χ0n) is 12.7. The summed E-state index contributed by atoms with van der Waals surface area (Å²) < 4.78 is 1.81. The van der Waals surface area contributed by atoms with Crippen molar-refractivity contribution in [1.29, 1.82) is 0 Å². The third-order valence-corrected chi connectivity index (χ3v) is 3.57. The van der Waals surface area contributed by atoms with Crippen molar-refractivity contribution in [2.24, 2.45) is 5.92 Å². The van der Waals surface area contributed by atoms with Crippen molar-refractivity contribution < 1.29 is 4.79 Å². The molecule has 1 heterocycles. The summed E-state index contributed by atoms with van der Waals surface area (Å²) in [4.78, 5) is 12.2. The van der Waals surface area contributed by atoms with Crippen LogP contribution in [0.25, 0.3) is 10.9 Å². The average Bonchev–Trinajstić information content (AvgIpc) is 2.75. The van der Waals surface area contributed by atoms with Gasteiger partial charge in [0.2, 0.25) is 5.91 Å². The quantitative estimate of drug-likeness (QED) is 0.910. The van der Waals surface area contributed by atoms with Gasteiger partial charge >= 0.3 is 0 Å². The van der Waals surface area contributed by atoms with Gasteiger partial charge in [-0.05, 0) is 32.3 Å². The smallest absolute Gasteiger partial charge is 0.244 e. The van der Waals surface area contributed by atoms with Crippen LogP contribution in [0.2, 0.25) is 0 Å². The van der Waals surface area contributed by atoms with Gasteiger partial charge in [-0.25, -0.2) is 0 Å². The molecule has 0 aliphatic heterocycles. The van der Waals surface area contributed by atoms with Crippen LogP contribution in [-0.2, 0) is 4.79 Å². The Balaban J connectivity index is 2.15. The van der Waals surface area contributed by atoms with Gasteiger partial charge in [-0.2, -0.15) is 5.10 Å². The second kappa shape index (κ2) is 6.07. The van der Waals surface area contributed by atoms with E-state index in [-0.39, 0.29) is 11.9 Å². The van der Waals surface area contributed by atoms with E-state index < -0.39 is 0 Å². The van der Waals surface area contributed by atoms with Crippen LogP contribution < -0.4 is 5.32 Å². The van der Waals surface area contributed by atoms with E-state index in [2.05, 4.69) is 24.3 Å². The summed E-state index contributed by atoms with van der Waals surface area (Å²) in [5.74, 6) is 0.622. The van der Waals surface area contributed by atoms with Gasteiger partial charge in [-0.15, -0.1) is 0 Å². The molecule has 0 saturated carbocycles. The van der Waals surface area contributed by atoms with Crippen molar-refractivity contribution in [3.05, 3.63) is 30.0 Å². The molecule has 0 saturated heterocycles. The van der Waals surface area contributed by atoms with Crippen molar-refractivity contribution >= 4 is 16.8 Å². The molecule has 1 unspecified atom stereocenters. The maximum atomic E-state index is 12.2. The first-order valence-corrected chi connectivity index (χ1v) is 7.22. The van der Waals surface area contributed by atoms with E-state index >= 15 is 0 Å². The normalized spacial score (nSPS) is 12.8. The summed E-state index contributed by atoms with van der Waals surface area (Å²) in [6.45, 7) is 8.89. The standard InChI is InChI=1S/C16H23N3O/c1-11(2)9-10-17-16(20)13(4)19-15-8-6-5-7-14(15)12(3)18-19/h5-8,11,13H,9-10H2,1-4H3,(H,17,20). The number of nitrogens with one attached hydrogen (secondary N) is 1. The first kappa shape index (κ1) is 14.6. The lowest BCUT2D eigenvalue weighted by Gasteiger charge is -2.14. The number of aromatic nitrogens is 2. The van der Waals surface area contributed by atoms with Crippen molar-refractivity contribution in [2.45, 2.75) is 40.2 Å². The lowest BCUT2D eigenvalue weighted by molar-refractivity contribution is -0.124. The van der Waals surface area contributed by atoms with E-state index in [9.17, 15) is 4.79 Å². The molecule has 108 valence electrons. The molecule has 1 aromatic heterocycles. The Labute approximate surface area is 120 Å². The number of carbonyl (C=O) groups excluding carboxylic acids is 1. The molecule has 2 rings (SSSR count). The van der Waals surface area contributed by atoms with Gasteiger partial charge in [0.1, 0.15) is 6.04 Å². The predicted molar refractivity (Wildman–Crippen MR) is 81.6 cm³/mol. The topological polar surface area (TPSA) is 46.9 Å². The molecule has 0 radical (unpaired) electrons. The van der Waals surface area contributed by atoms with E-state index in [1.165, 1.54) is 0 Å². The zero-order valence-corrected chi connectivity index (χ0v) is 12.7. The summed E-state index contributed by atoms with van der Waals surface area (Å²) in [7, 11) is 0. The number of hydrogen-bond donors (Lipinski definition) is 1. The Morgan fingerprint density at radius 2 is 2.00 bits per heavy atom. The number of para-hydroxylation sites is 1. The Kier molecular flexibility index (Phi) is 4.42. The fourth-order valence-electron chi connectivity index (χ4n) is 2.29. The second-order valence-corrected chi connectivity index (χ2v) is 5.70. The van der Waals surface area contributed by atoms with Crippen LogP contribution in [0, 0.1) is 12.8 Å². The number of hydrogen-bond acceptors (Lipinski definition) is 2. The Hall–Kier alpha value is -1.84. The highest BCUT2D eigenvalue weighted by Gasteiger charge is 2.18. The van der Waals surface area contributed by atoms with Gasteiger partial charge in [0, 0.05) is 11.9 Å². The molecule has 1 N–H and O–H groups in total. The first-order chi connectivity index (χ1) is 9.50. The van der Waals surface area contributed by atoms with Crippen LogP contribution in [0.5, 0.6) is 0 Å². The minimum Gasteiger partial charge on any atom is -0.354 e. The zero-order chi connectivity index (χ0) is 14.7. The average molecular weight is 273 g/mol. The maximum Gasteiger partial charge on any atom is 0.244 e. The van der Waals surface area contributed by atoms with Crippen LogP contribution >= 0.6 is 0 Å². The molecule has 0 spiro atoms. The lowest BCUT2D eigenvalue weighted by atomic mass is 10.1. The fraction of sp³-hybridized carbons (Fsp3) is 0.500. The molecule has 20 heavy (non-hydrogen) atoms. The van der Waals surface area contributed by atoms with Crippen LogP contribution in [0.15, 0.2) is 24.3 Å². The molecule has 0 aliphatic rings. The molecule has 2 aromatic rings. The van der Waals surface area contributed by atoms with Crippen LogP contribution in [-0.4, -0.2) is 22.2 Å². The van der Waals surface area contributed by atoms with E-state index in [1.807, 2.05) is 42.8 Å². The summed E-state index contributed by atoms with van der Waals surface area (Å²) >= 11 is 0. The molecule has 1 amide bonds. The molecule has 1 aromatic carbocycles. The van der Waals surface area contributed by atoms with Gasteiger partial charge in [-0.1, -0.05) is 32.0 Å². The number of aryl methyl sites for hydroxylation is 1. The van der Waals surface area contributed by atoms with Gasteiger partial charge in [0.15, 0.2) is 0 Å². The maximum absolute atomic E-state index is 12.2. The van der Waals surface area contributed by atoms with Crippen LogP contribution in [0.3, 0.4) is 0 Å². The number of carbonyl (C=O) groups is 1. The third-order valence-electron chi connectivity index (χ3n) is 3.57. The van der Waals surface area contributed by atoms with Gasteiger partial charge in [-0.3, -0.25) is 9.48 Å². The van der Waals surface area contributed by atoms with Crippen molar-refractivity contribution in [3.8, 4) is 0 Å². The summed E-state index contributed by atoms with van der Waals surface area (Å²) in [6.07, 6.45) is 0.997. The van der Waals surface area contributed by atoms with Crippen LogP contribution in [0.4, 0.5) is 0 Å². The number of nitrogens with zero attached hydrogens (tertiary/aromatic N) is 2. The molecule has 4 heteroatoms. The Morgan fingerprint density at radius 3 is 2.70 bits per heavy atom. The van der Waals surface area contributed by atoms with Gasteiger partial charge in [0.25, 0.3) is 0 Å². The van der Waals surface area contributed by atoms with E-state index in [0.717, 1.165) is 29.6 Å².